The number of halogens is 1. The molecule has 8 nitrogen and oxygen atoms in total. The van der Waals surface area contributed by atoms with E-state index >= 15 is 0 Å². The minimum atomic E-state index is -0.683. The highest BCUT2D eigenvalue weighted by Crippen LogP contribution is 2.24. The molecule has 2 aromatic carbocycles. The van der Waals surface area contributed by atoms with Gasteiger partial charge in [-0.1, -0.05) is 29.8 Å². The summed E-state index contributed by atoms with van der Waals surface area (Å²) in [4.78, 5) is 23.9. The molecule has 3 rings (SSSR count). The van der Waals surface area contributed by atoms with E-state index in [0.29, 0.717) is 23.1 Å². The van der Waals surface area contributed by atoms with E-state index in [0.717, 1.165) is 5.56 Å². The molecule has 0 aliphatic heterocycles. The second-order valence-electron chi connectivity index (χ2n) is 6.03. The van der Waals surface area contributed by atoms with Crippen molar-refractivity contribution >= 4 is 29.2 Å². The maximum absolute atomic E-state index is 12.3. The standard InChI is InChI=1S/C20H19ClN4O4/c1-28-14-6-7-17(15(10-14)20(22)27)29-12-19(26)24-18-8-9-23-25(18)11-13-4-2-3-5-16(13)21/h2-10H,11-12H2,1H3,(H2,22,27)(H,24,26). The lowest BCUT2D eigenvalue weighted by atomic mass is 10.2. The molecule has 1 heterocycles. The summed E-state index contributed by atoms with van der Waals surface area (Å²) in [5, 5.41) is 7.55. The van der Waals surface area contributed by atoms with Crippen LogP contribution in [0.3, 0.4) is 0 Å². The zero-order valence-corrected chi connectivity index (χ0v) is 16.3. The summed E-state index contributed by atoms with van der Waals surface area (Å²) in [6.45, 7) is 0.0807. The van der Waals surface area contributed by atoms with Crippen molar-refractivity contribution in [2.24, 2.45) is 5.73 Å². The number of carbonyl (C=O) groups excluding carboxylic acids is 2. The fourth-order valence-electron chi connectivity index (χ4n) is 2.63. The van der Waals surface area contributed by atoms with Crippen LogP contribution in [0.5, 0.6) is 11.5 Å². The van der Waals surface area contributed by atoms with Crippen LogP contribution in [0.2, 0.25) is 5.02 Å². The van der Waals surface area contributed by atoms with E-state index < -0.39 is 11.8 Å². The third kappa shape index (κ3) is 5.05. The summed E-state index contributed by atoms with van der Waals surface area (Å²) in [5.41, 5.74) is 6.36. The van der Waals surface area contributed by atoms with E-state index in [4.69, 9.17) is 26.8 Å². The van der Waals surface area contributed by atoms with Gasteiger partial charge in [-0.25, -0.2) is 4.68 Å². The lowest BCUT2D eigenvalue weighted by molar-refractivity contribution is -0.118. The summed E-state index contributed by atoms with van der Waals surface area (Å²) in [6.07, 6.45) is 1.57. The van der Waals surface area contributed by atoms with Gasteiger partial charge in [-0.2, -0.15) is 5.10 Å². The Morgan fingerprint density at radius 2 is 2.00 bits per heavy atom. The number of hydrogen-bond donors (Lipinski definition) is 2. The van der Waals surface area contributed by atoms with Crippen molar-refractivity contribution in [3.8, 4) is 11.5 Å². The van der Waals surface area contributed by atoms with Crippen LogP contribution in [0.15, 0.2) is 54.7 Å². The summed E-state index contributed by atoms with van der Waals surface area (Å²) in [7, 11) is 1.47. The van der Waals surface area contributed by atoms with Crippen molar-refractivity contribution in [2.45, 2.75) is 6.54 Å². The Kier molecular flexibility index (Phi) is 6.36. The van der Waals surface area contributed by atoms with Gasteiger partial charge in [0.25, 0.3) is 11.8 Å². The van der Waals surface area contributed by atoms with E-state index in [1.807, 2.05) is 18.2 Å². The second kappa shape index (κ2) is 9.11. The molecule has 3 aromatic rings. The van der Waals surface area contributed by atoms with E-state index in [1.54, 1.807) is 29.1 Å². The minimum absolute atomic E-state index is 0.126. The Hall–Kier alpha value is -3.52. The highest BCUT2D eigenvalue weighted by atomic mass is 35.5. The Labute approximate surface area is 172 Å². The number of ether oxygens (including phenoxy) is 2. The highest BCUT2D eigenvalue weighted by molar-refractivity contribution is 6.31. The number of aromatic nitrogens is 2. The van der Waals surface area contributed by atoms with Crippen LogP contribution < -0.4 is 20.5 Å². The summed E-state index contributed by atoms with van der Waals surface area (Å²) in [6, 6.07) is 13.6. The summed E-state index contributed by atoms with van der Waals surface area (Å²) >= 11 is 6.18. The molecule has 0 saturated heterocycles. The third-order valence-corrected chi connectivity index (χ3v) is 4.44. The van der Waals surface area contributed by atoms with Crippen LogP contribution in [-0.2, 0) is 11.3 Å². The highest BCUT2D eigenvalue weighted by Gasteiger charge is 2.14. The number of nitrogens with zero attached hydrogens (tertiary/aromatic N) is 2. The van der Waals surface area contributed by atoms with Gasteiger partial charge in [0, 0.05) is 11.1 Å². The molecule has 0 aliphatic carbocycles. The Morgan fingerprint density at radius 1 is 1.21 bits per heavy atom. The second-order valence-corrected chi connectivity index (χ2v) is 6.44. The number of amides is 2. The van der Waals surface area contributed by atoms with Gasteiger partial charge in [-0.15, -0.1) is 0 Å². The predicted molar refractivity (Wildman–Crippen MR) is 108 cm³/mol. The molecule has 150 valence electrons. The number of rotatable bonds is 8. The number of methoxy groups -OCH3 is 1. The first kappa shape index (κ1) is 20.2. The smallest absolute Gasteiger partial charge is 0.263 e. The molecule has 0 unspecified atom stereocenters. The monoisotopic (exact) mass is 414 g/mol. The Bertz CT molecular complexity index is 1030. The molecule has 2 amide bonds. The average Bonchev–Trinajstić information content (AvgIpc) is 3.14. The van der Waals surface area contributed by atoms with Crippen LogP contribution in [0.4, 0.5) is 5.82 Å². The fourth-order valence-corrected chi connectivity index (χ4v) is 2.83. The maximum Gasteiger partial charge on any atom is 0.263 e. The van der Waals surface area contributed by atoms with Crippen molar-refractivity contribution in [3.63, 3.8) is 0 Å². The van der Waals surface area contributed by atoms with Gasteiger partial charge >= 0.3 is 0 Å². The largest absolute Gasteiger partial charge is 0.497 e. The van der Waals surface area contributed by atoms with Gasteiger partial charge in [0.2, 0.25) is 0 Å². The van der Waals surface area contributed by atoms with Crippen molar-refractivity contribution in [3.05, 3.63) is 70.9 Å². The number of carbonyl (C=O) groups is 2. The minimum Gasteiger partial charge on any atom is -0.497 e. The molecule has 29 heavy (non-hydrogen) atoms. The van der Waals surface area contributed by atoms with Crippen LogP contribution >= 0.6 is 11.6 Å². The lowest BCUT2D eigenvalue weighted by Crippen LogP contribution is -2.23. The third-order valence-electron chi connectivity index (χ3n) is 4.07. The number of hydrogen-bond acceptors (Lipinski definition) is 5. The topological polar surface area (TPSA) is 108 Å². The summed E-state index contributed by atoms with van der Waals surface area (Å²) in [5.74, 6) is 0.0368. The van der Waals surface area contributed by atoms with E-state index in [2.05, 4.69) is 10.4 Å². The Balaban J connectivity index is 1.65. The van der Waals surface area contributed by atoms with Crippen LogP contribution in [0.1, 0.15) is 15.9 Å². The molecule has 0 spiro atoms. The van der Waals surface area contributed by atoms with E-state index in [1.165, 1.54) is 19.2 Å². The van der Waals surface area contributed by atoms with E-state index in [-0.39, 0.29) is 17.9 Å². The molecule has 0 atom stereocenters. The number of primary amides is 1. The van der Waals surface area contributed by atoms with Gasteiger partial charge in [-0.05, 0) is 29.8 Å². The van der Waals surface area contributed by atoms with Gasteiger partial charge in [0.1, 0.15) is 17.3 Å². The molecule has 3 N–H and O–H groups in total. The molecule has 0 saturated carbocycles. The van der Waals surface area contributed by atoms with Gasteiger partial charge in [0.05, 0.1) is 25.4 Å². The van der Waals surface area contributed by atoms with Crippen LogP contribution in [-0.4, -0.2) is 35.3 Å². The quantitative estimate of drug-likeness (QED) is 0.589. The SMILES string of the molecule is COc1ccc(OCC(=O)Nc2ccnn2Cc2ccccc2Cl)c(C(N)=O)c1. The molecule has 9 heteroatoms. The molecular weight excluding hydrogens is 396 g/mol. The number of benzene rings is 2. The first-order valence-electron chi connectivity index (χ1n) is 8.63. The fraction of sp³-hybridized carbons (Fsp3) is 0.150. The van der Waals surface area contributed by atoms with Crippen molar-refractivity contribution in [2.75, 3.05) is 19.0 Å². The van der Waals surface area contributed by atoms with Crippen LogP contribution in [0, 0.1) is 0 Å². The molecular formula is C20H19ClN4O4. The van der Waals surface area contributed by atoms with Crippen LogP contribution in [0.25, 0.3) is 0 Å². The van der Waals surface area contributed by atoms with Crippen molar-refractivity contribution in [1.82, 2.24) is 9.78 Å². The molecule has 0 aliphatic rings. The van der Waals surface area contributed by atoms with Gasteiger partial charge in [0.15, 0.2) is 6.61 Å². The van der Waals surface area contributed by atoms with E-state index in [9.17, 15) is 9.59 Å². The first-order chi connectivity index (χ1) is 14.0. The number of nitrogens with one attached hydrogen (secondary N) is 1. The molecule has 0 radical (unpaired) electrons. The lowest BCUT2D eigenvalue weighted by Gasteiger charge is -2.12. The number of anilines is 1. The molecule has 1 aromatic heterocycles. The number of nitrogens with two attached hydrogens (primary N) is 1. The predicted octanol–water partition coefficient (Wildman–Crippen LogP) is 2.71. The zero-order valence-electron chi connectivity index (χ0n) is 15.6. The zero-order chi connectivity index (χ0) is 20.8. The summed E-state index contributed by atoms with van der Waals surface area (Å²) < 4.78 is 12.1. The Morgan fingerprint density at radius 3 is 2.72 bits per heavy atom. The van der Waals surface area contributed by atoms with Crippen molar-refractivity contribution in [1.29, 1.82) is 0 Å². The van der Waals surface area contributed by atoms with Gasteiger partial charge in [-0.3, -0.25) is 9.59 Å². The normalized spacial score (nSPS) is 10.4. The first-order valence-corrected chi connectivity index (χ1v) is 9.01. The molecule has 0 bridgehead atoms. The maximum atomic E-state index is 12.3. The van der Waals surface area contributed by atoms with Crippen molar-refractivity contribution < 1.29 is 19.1 Å². The molecule has 0 fully saturated rings. The average molecular weight is 415 g/mol. The van der Waals surface area contributed by atoms with Gasteiger partial charge < -0.3 is 20.5 Å².